The fraction of sp³-hybridized carbons (Fsp3) is 0. The van der Waals surface area contributed by atoms with Crippen molar-refractivity contribution in [2.45, 2.75) is 0 Å². The van der Waals surface area contributed by atoms with E-state index < -0.39 is 0 Å². The van der Waals surface area contributed by atoms with E-state index in [0.29, 0.717) is 32.9 Å². The van der Waals surface area contributed by atoms with Gasteiger partial charge in [-0.15, -0.1) is 0 Å². The number of fused-ring (bicyclic) bond motifs is 1. The third-order valence-corrected chi connectivity index (χ3v) is 3.12. The Kier molecular flexibility index (Phi) is 2.72. The monoisotopic (exact) mass is 272 g/mol. The van der Waals surface area contributed by atoms with Gasteiger partial charge in [0.15, 0.2) is 17.2 Å². The van der Waals surface area contributed by atoms with Crippen LogP contribution >= 0.6 is 11.6 Å². The summed E-state index contributed by atoms with van der Waals surface area (Å²) in [6.07, 6.45) is 0. The van der Waals surface area contributed by atoms with Crippen molar-refractivity contribution in [3.8, 4) is 0 Å². The molecule has 0 aliphatic rings. The number of halogens is 1. The average molecular weight is 273 g/mol. The highest BCUT2D eigenvalue weighted by Gasteiger charge is 2.12. The SMILES string of the molecule is Nc1noc2cc(C(=O)c3ccc(Cl)cc3)ccc12. The molecule has 0 fully saturated rings. The maximum atomic E-state index is 12.3. The van der Waals surface area contributed by atoms with Crippen molar-refractivity contribution in [3.05, 3.63) is 58.6 Å². The quantitative estimate of drug-likeness (QED) is 0.727. The molecule has 1 aromatic heterocycles. The van der Waals surface area contributed by atoms with Crippen molar-refractivity contribution in [2.24, 2.45) is 0 Å². The van der Waals surface area contributed by atoms with Gasteiger partial charge in [-0.05, 0) is 36.4 Å². The van der Waals surface area contributed by atoms with Crippen molar-refractivity contribution in [2.75, 3.05) is 5.73 Å². The van der Waals surface area contributed by atoms with Crippen LogP contribution in [0.3, 0.4) is 0 Å². The summed E-state index contributed by atoms with van der Waals surface area (Å²) >= 11 is 5.79. The Labute approximate surface area is 113 Å². The van der Waals surface area contributed by atoms with Crippen LogP contribution in [0.4, 0.5) is 5.82 Å². The third kappa shape index (κ3) is 2.06. The molecule has 2 N–H and O–H groups in total. The highest BCUT2D eigenvalue weighted by Crippen LogP contribution is 2.23. The fourth-order valence-electron chi connectivity index (χ4n) is 1.87. The number of aromatic nitrogens is 1. The largest absolute Gasteiger partial charge is 0.380 e. The number of anilines is 1. The molecule has 3 aromatic rings. The van der Waals surface area contributed by atoms with Gasteiger partial charge in [-0.1, -0.05) is 22.8 Å². The molecular weight excluding hydrogens is 264 g/mol. The van der Waals surface area contributed by atoms with Gasteiger partial charge in [0.2, 0.25) is 0 Å². The molecule has 0 spiro atoms. The zero-order valence-corrected chi connectivity index (χ0v) is 10.5. The molecule has 0 atom stereocenters. The van der Waals surface area contributed by atoms with E-state index in [-0.39, 0.29) is 5.78 Å². The summed E-state index contributed by atoms with van der Waals surface area (Å²) in [6.45, 7) is 0. The Balaban J connectivity index is 2.03. The van der Waals surface area contributed by atoms with E-state index in [1.807, 2.05) is 0 Å². The van der Waals surface area contributed by atoms with E-state index in [2.05, 4.69) is 5.16 Å². The van der Waals surface area contributed by atoms with Crippen molar-refractivity contribution < 1.29 is 9.32 Å². The van der Waals surface area contributed by atoms with Gasteiger partial charge >= 0.3 is 0 Å². The standard InChI is InChI=1S/C14H9ClN2O2/c15-10-4-1-8(2-5-10)13(18)9-3-6-11-12(7-9)19-17-14(11)16/h1-7H,(H2,16,17). The Bertz CT molecular complexity index is 763. The van der Waals surface area contributed by atoms with E-state index in [0.717, 1.165) is 0 Å². The van der Waals surface area contributed by atoms with Gasteiger partial charge in [-0.3, -0.25) is 4.79 Å². The first-order chi connectivity index (χ1) is 9.15. The maximum absolute atomic E-state index is 12.3. The maximum Gasteiger partial charge on any atom is 0.193 e. The molecule has 0 bridgehead atoms. The Morgan fingerprint density at radius 1 is 1.11 bits per heavy atom. The van der Waals surface area contributed by atoms with Crippen molar-refractivity contribution >= 4 is 34.2 Å². The summed E-state index contributed by atoms with van der Waals surface area (Å²) in [4.78, 5) is 12.3. The molecule has 0 amide bonds. The molecular formula is C14H9ClN2O2. The van der Waals surface area contributed by atoms with Crippen molar-refractivity contribution in [3.63, 3.8) is 0 Å². The number of ketones is 1. The molecule has 0 aliphatic carbocycles. The van der Waals surface area contributed by atoms with Crippen LogP contribution in [0.1, 0.15) is 15.9 Å². The highest BCUT2D eigenvalue weighted by molar-refractivity contribution is 6.30. The van der Waals surface area contributed by atoms with Crippen LogP contribution in [0, 0.1) is 0 Å². The molecule has 0 aliphatic heterocycles. The number of nitrogens with two attached hydrogens (primary N) is 1. The summed E-state index contributed by atoms with van der Waals surface area (Å²) in [6, 6.07) is 11.8. The van der Waals surface area contributed by atoms with Gasteiger partial charge < -0.3 is 10.3 Å². The Morgan fingerprint density at radius 3 is 2.53 bits per heavy atom. The lowest BCUT2D eigenvalue weighted by atomic mass is 10.0. The third-order valence-electron chi connectivity index (χ3n) is 2.87. The number of hydrogen-bond acceptors (Lipinski definition) is 4. The lowest BCUT2D eigenvalue weighted by Crippen LogP contribution is -2.00. The fourth-order valence-corrected chi connectivity index (χ4v) is 1.99. The van der Waals surface area contributed by atoms with Crippen LogP contribution in [0.15, 0.2) is 47.0 Å². The molecule has 0 unspecified atom stereocenters. The molecule has 0 saturated carbocycles. The summed E-state index contributed by atoms with van der Waals surface area (Å²) in [7, 11) is 0. The zero-order chi connectivity index (χ0) is 13.4. The van der Waals surface area contributed by atoms with Gasteiger partial charge in [-0.2, -0.15) is 0 Å². The van der Waals surface area contributed by atoms with Gasteiger partial charge in [-0.25, -0.2) is 0 Å². The molecule has 1 heterocycles. The minimum Gasteiger partial charge on any atom is -0.380 e. The zero-order valence-electron chi connectivity index (χ0n) is 9.76. The van der Waals surface area contributed by atoms with Crippen LogP contribution in [-0.4, -0.2) is 10.9 Å². The second-order valence-electron chi connectivity index (χ2n) is 4.11. The smallest absolute Gasteiger partial charge is 0.193 e. The molecule has 19 heavy (non-hydrogen) atoms. The van der Waals surface area contributed by atoms with E-state index in [9.17, 15) is 4.79 Å². The molecule has 94 valence electrons. The van der Waals surface area contributed by atoms with Crippen LogP contribution in [-0.2, 0) is 0 Å². The highest BCUT2D eigenvalue weighted by atomic mass is 35.5. The molecule has 5 heteroatoms. The van der Waals surface area contributed by atoms with E-state index in [1.165, 1.54) is 0 Å². The number of carbonyl (C=O) groups excluding carboxylic acids is 1. The summed E-state index contributed by atoms with van der Waals surface area (Å²) < 4.78 is 5.05. The summed E-state index contributed by atoms with van der Waals surface area (Å²) in [5, 5.41) is 4.95. The van der Waals surface area contributed by atoms with E-state index in [1.54, 1.807) is 42.5 Å². The first-order valence-electron chi connectivity index (χ1n) is 5.60. The molecule has 0 saturated heterocycles. The minimum atomic E-state index is -0.103. The van der Waals surface area contributed by atoms with Gasteiger partial charge in [0, 0.05) is 16.1 Å². The second-order valence-corrected chi connectivity index (χ2v) is 4.55. The van der Waals surface area contributed by atoms with Gasteiger partial charge in [0.25, 0.3) is 0 Å². The second kappa shape index (κ2) is 4.40. The predicted octanol–water partition coefficient (Wildman–Crippen LogP) is 3.29. The topological polar surface area (TPSA) is 69.1 Å². The number of rotatable bonds is 2. The van der Waals surface area contributed by atoms with Crippen LogP contribution in [0.25, 0.3) is 11.0 Å². The Hall–Kier alpha value is -2.33. The van der Waals surface area contributed by atoms with Crippen LogP contribution < -0.4 is 5.73 Å². The predicted molar refractivity (Wildman–Crippen MR) is 73.3 cm³/mol. The summed E-state index contributed by atoms with van der Waals surface area (Å²) in [5.74, 6) is 0.217. The molecule has 2 aromatic carbocycles. The first kappa shape index (κ1) is 11.7. The number of hydrogen-bond donors (Lipinski definition) is 1. The van der Waals surface area contributed by atoms with Crippen LogP contribution in [0.5, 0.6) is 0 Å². The van der Waals surface area contributed by atoms with Gasteiger partial charge in [0.05, 0.1) is 5.39 Å². The van der Waals surface area contributed by atoms with Crippen LogP contribution in [0.2, 0.25) is 5.02 Å². The van der Waals surface area contributed by atoms with Crippen molar-refractivity contribution in [1.29, 1.82) is 0 Å². The minimum absolute atomic E-state index is 0.103. The van der Waals surface area contributed by atoms with E-state index >= 15 is 0 Å². The average Bonchev–Trinajstić information content (AvgIpc) is 2.80. The Morgan fingerprint density at radius 2 is 1.79 bits per heavy atom. The van der Waals surface area contributed by atoms with Gasteiger partial charge in [0.1, 0.15) is 0 Å². The number of benzene rings is 2. The number of nitrogens with zero attached hydrogens (tertiary/aromatic N) is 1. The summed E-state index contributed by atoms with van der Waals surface area (Å²) in [5.41, 5.74) is 7.21. The number of carbonyl (C=O) groups is 1. The van der Waals surface area contributed by atoms with E-state index in [4.69, 9.17) is 21.9 Å². The lowest BCUT2D eigenvalue weighted by Gasteiger charge is -2.01. The normalized spacial score (nSPS) is 10.8. The number of nitrogen functional groups attached to an aromatic ring is 1. The first-order valence-corrected chi connectivity index (χ1v) is 5.98. The lowest BCUT2D eigenvalue weighted by molar-refractivity contribution is 0.103. The van der Waals surface area contributed by atoms with Crippen molar-refractivity contribution in [1.82, 2.24) is 5.16 Å². The molecule has 0 radical (unpaired) electrons. The molecule has 4 nitrogen and oxygen atoms in total. The molecule has 3 rings (SSSR count).